The highest BCUT2D eigenvalue weighted by molar-refractivity contribution is 7.99. The first kappa shape index (κ1) is 11.5. The molecule has 3 rings (SSSR count). The molecule has 0 spiro atoms. The molecule has 94 valence electrons. The number of nitrogens with one attached hydrogen (secondary N) is 1. The molecule has 0 amide bonds. The number of aromatic nitrogens is 3. The summed E-state index contributed by atoms with van der Waals surface area (Å²) < 4.78 is 2.33. The molecular weight excluding hydrogens is 232 g/mol. The Kier molecular flexibility index (Phi) is 3.66. The first-order valence-corrected chi connectivity index (χ1v) is 7.70. The molecule has 17 heavy (non-hydrogen) atoms. The molecule has 1 N–H and O–H groups in total. The van der Waals surface area contributed by atoms with Crippen molar-refractivity contribution >= 4 is 11.8 Å². The van der Waals surface area contributed by atoms with Gasteiger partial charge in [-0.05, 0) is 25.7 Å². The second kappa shape index (κ2) is 5.40. The van der Waals surface area contributed by atoms with Gasteiger partial charge in [0.2, 0.25) is 0 Å². The maximum Gasteiger partial charge on any atom is 0.191 e. The lowest BCUT2D eigenvalue weighted by atomic mass is 10.2. The first-order valence-electron chi connectivity index (χ1n) is 6.72. The van der Waals surface area contributed by atoms with Crippen molar-refractivity contribution < 1.29 is 0 Å². The van der Waals surface area contributed by atoms with Crippen LogP contribution < -0.4 is 5.32 Å². The van der Waals surface area contributed by atoms with E-state index in [0.29, 0.717) is 0 Å². The quantitative estimate of drug-likeness (QED) is 0.641. The maximum atomic E-state index is 4.32. The summed E-state index contributed by atoms with van der Waals surface area (Å²) in [4.78, 5) is 0. The largest absolute Gasteiger partial charge is 0.313 e. The average Bonchev–Trinajstić information content (AvgIpc) is 3.12. The van der Waals surface area contributed by atoms with Crippen molar-refractivity contribution in [3.8, 4) is 0 Å². The molecule has 0 unspecified atom stereocenters. The van der Waals surface area contributed by atoms with Gasteiger partial charge in [0.15, 0.2) is 5.16 Å². The Balaban J connectivity index is 1.52. The van der Waals surface area contributed by atoms with Crippen LogP contribution in [0.4, 0.5) is 0 Å². The zero-order chi connectivity index (χ0) is 11.5. The van der Waals surface area contributed by atoms with Crippen LogP contribution in [-0.4, -0.2) is 33.1 Å². The summed E-state index contributed by atoms with van der Waals surface area (Å²) >= 11 is 1.85. The lowest BCUT2D eigenvalue weighted by Gasteiger charge is -2.06. The summed E-state index contributed by atoms with van der Waals surface area (Å²) in [6.45, 7) is 2.21. The van der Waals surface area contributed by atoms with E-state index in [1.165, 1.54) is 37.9 Å². The number of hydrogen-bond acceptors (Lipinski definition) is 4. The van der Waals surface area contributed by atoms with Gasteiger partial charge in [-0.3, -0.25) is 0 Å². The van der Waals surface area contributed by atoms with Crippen LogP contribution in [-0.2, 0) is 13.0 Å². The van der Waals surface area contributed by atoms with Crippen molar-refractivity contribution in [3.63, 3.8) is 0 Å². The molecule has 2 heterocycles. The second-order valence-electron chi connectivity index (χ2n) is 4.94. The number of nitrogens with zero attached hydrogens (tertiary/aromatic N) is 3. The van der Waals surface area contributed by atoms with Gasteiger partial charge in [-0.1, -0.05) is 18.2 Å². The zero-order valence-corrected chi connectivity index (χ0v) is 11.0. The van der Waals surface area contributed by atoms with Crippen molar-refractivity contribution in [1.82, 2.24) is 20.1 Å². The topological polar surface area (TPSA) is 42.7 Å². The molecular formula is C12H20N4S. The molecule has 1 aromatic rings. The molecule has 0 aromatic carbocycles. The predicted octanol–water partition coefficient (Wildman–Crippen LogP) is 1.85. The highest BCUT2D eigenvalue weighted by Gasteiger charge is 2.20. The van der Waals surface area contributed by atoms with Crippen molar-refractivity contribution in [1.29, 1.82) is 0 Å². The van der Waals surface area contributed by atoms with Gasteiger partial charge in [-0.15, -0.1) is 10.2 Å². The first-order chi connectivity index (χ1) is 8.43. The second-order valence-corrected chi connectivity index (χ2v) is 6.00. The predicted molar refractivity (Wildman–Crippen MR) is 69.3 cm³/mol. The molecule has 0 saturated heterocycles. The fourth-order valence-electron chi connectivity index (χ4n) is 2.26. The van der Waals surface area contributed by atoms with Crippen molar-refractivity contribution in [2.24, 2.45) is 0 Å². The van der Waals surface area contributed by atoms with Crippen LogP contribution in [0.5, 0.6) is 0 Å². The van der Waals surface area contributed by atoms with E-state index in [-0.39, 0.29) is 0 Å². The fraction of sp³-hybridized carbons (Fsp3) is 0.833. The summed E-state index contributed by atoms with van der Waals surface area (Å²) in [5, 5.41) is 13.3. The Morgan fingerprint density at radius 2 is 2.18 bits per heavy atom. The van der Waals surface area contributed by atoms with Crippen molar-refractivity contribution in [2.45, 2.75) is 56.3 Å². The fourth-order valence-corrected chi connectivity index (χ4v) is 3.11. The van der Waals surface area contributed by atoms with Crippen LogP contribution in [0.3, 0.4) is 0 Å². The van der Waals surface area contributed by atoms with Crippen LogP contribution in [0.1, 0.15) is 37.9 Å². The number of hydrogen-bond donors (Lipinski definition) is 1. The molecule has 2 aliphatic rings. The van der Waals surface area contributed by atoms with Crippen LogP contribution in [0.25, 0.3) is 0 Å². The minimum atomic E-state index is 0.811. The molecule has 4 nitrogen and oxygen atoms in total. The average molecular weight is 252 g/mol. The molecule has 1 aliphatic heterocycles. The van der Waals surface area contributed by atoms with Crippen molar-refractivity contribution in [2.75, 3.05) is 12.3 Å². The van der Waals surface area contributed by atoms with E-state index in [1.54, 1.807) is 0 Å². The van der Waals surface area contributed by atoms with Gasteiger partial charge in [-0.2, -0.15) is 0 Å². The molecule has 1 aromatic heterocycles. The van der Waals surface area contributed by atoms with Gasteiger partial charge in [0.25, 0.3) is 0 Å². The smallest absolute Gasteiger partial charge is 0.191 e. The summed E-state index contributed by atoms with van der Waals surface area (Å²) in [7, 11) is 0. The van der Waals surface area contributed by atoms with E-state index in [4.69, 9.17) is 0 Å². The monoisotopic (exact) mass is 252 g/mol. The number of rotatable bonds is 5. The third-order valence-electron chi connectivity index (χ3n) is 3.42. The van der Waals surface area contributed by atoms with E-state index in [1.807, 2.05) is 11.8 Å². The lowest BCUT2D eigenvalue weighted by Crippen LogP contribution is -2.19. The van der Waals surface area contributed by atoms with Crippen LogP contribution in [0.2, 0.25) is 0 Å². The zero-order valence-electron chi connectivity index (χ0n) is 10.2. The Morgan fingerprint density at radius 1 is 1.24 bits per heavy atom. The Labute approximate surface area is 107 Å². The maximum absolute atomic E-state index is 4.32. The van der Waals surface area contributed by atoms with E-state index in [0.717, 1.165) is 36.5 Å². The molecule has 5 heteroatoms. The summed E-state index contributed by atoms with van der Waals surface area (Å²) in [6.07, 6.45) is 7.71. The van der Waals surface area contributed by atoms with E-state index in [9.17, 15) is 0 Å². The highest BCUT2D eigenvalue weighted by atomic mass is 32.2. The lowest BCUT2D eigenvalue weighted by molar-refractivity contribution is 0.590. The van der Waals surface area contributed by atoms with Gasteiger partial charge in [-0.25, -0.2) is 0 Å². The third kappa shape index (κ3) is 3.01. The third-order valence-corrected chi connectivity index (χ3v) is 4.39. The van der Waals surface area contributed by atoms with E-state index in [2.05, 4.69) is 20.1 Å². The summed E-state index contributed by atoms with van der Waals surface area (Å²) in [5.74, 6) is 2.30. The number of thioether (sulfide) groups is 1. The number of fused-ring (bicyclic) bond motifs is 1. The molecule has 1 fully saturated rings. The molecule has 0 atom stereocenters. The molecule has 0 radical (unpaired) electrons. The Morgan fingerprint density at radius 3 is 3.06 bits per heavy atom. The Hall–Kier alpha value is -0.550. The number of aryl methyl sites for hydroxylation is 1. The van der Waals surface area contributed by atoms with E-state index < -0.39 is 0 Å². The van der Waals surface area contributed by atoms with Gasteiger partial charge >= 0.3 is 0 Å². The SMILES string of the molecule is C1CCc2nnc(SCCNC3CC3)n2CC1. The minimum Gasteiger partial charge on any atom is -0.313 e. The summed E-state index contributed by atoms with van der Waals surface area (Å²) in [6, 6.07) is 0.811. The standard InChI is InChI=1S/C12H20N4S/c1-2-4-11-14-15-12(16(11)8-3-1)17-9-7-13-10-5-6-10/h10,13H,1-9H2. The minimum absolute atomic E-state index is 0.811. The van der Waals surface area contributed by atoms with Gasteiger partial charge in [0.1, 0.15) is 5.82 Å². The summed E-state index contributed by atoms with van der Waals surface area (Å²) in [5.41, 5.74) is 0. The van der Waals surface area contributed by atoms with E-state index >= 15 is 0 Å². The van der Waals surface area contributed by atoms with Crippen molar-refractivity contribution in [3.05, 3.63) is 5.82 Å². The normalized spacial score (nSPS) is 20.0. The Bertz CT molecular complexity index is 373. The highest BCUT2D eigenvalue weighted by Crippen LogP contribution is 2.22. The van der Waals surface area contributed by atoms with Crippen LogP contribution in [0.15, 0.2) is 5.16 Å². The van der Waals surface area contributed by atoms with Gasteiger partial charge in [0, 0.05) is 31.3 Å². The van der Waals surface area contributed by atoms with Gasteiger partial charge in [0.05, 0.1) is 0 Å². The molecule has 1 saturated carbocycles. The van der Waals surface area contributed by atoms with Crippen LogP contribution >= 0.6 is 11.8 Å². The molecule has 0 bridgehead atoms. The van der Waals surface area contributed by atoms with Crippen LogP contribution in [0, 0.1) is 0 Å². The van der Waals surface area contributed by atoms with Gasteiger partial charge < -0.3 is 9.88 Å². The molecule has 1 aliphatic carbocycles.